The van der Waals surface area contributed by atoms with Crippen molar-refractivity contribution in [3.05, 3.63) is 29.8 Å². The number of rotatable bonds is 12. The number of thiocyanates is 1. The maximum Gasteiger partial charge on any atom is 0.317 e. The topological polar surface area (TPSA) is 108 Å². The molecule has 9 heteroatoms. The zero-order valence-corrected chi connectivity index (χ0v) is 19.9. The van der Waals surface area contributed by atoms with Gasteiger partial charge in [0.2, 0.25) is 0 Å². The summed E-state index contributed by atoms with van der Waals surface area (Å²) in [4.78, 5) is 29.9. The number of carboxylic acid groups (broad SMARTS) is 2. The molecule has 1 aliphatic rings. The first-order valence-corrected chi connectivity index (χ1v) is 11.7. The normalized spacial score (nSPS) is 19.8. The lowest BCUT2D eigenvalue weighted by molar-refractivity contribution is -0.143. The summed E-state index contributed by atoms with van der Waals surface area (Å²) < 4.78 is 0. The Morgan fingerprint density at radius 2 is 1.62 bits per heavy atom. The van der Waals surface area contributed by atoms with Crippen molar-refractivity contribution in [2.24, 2.45) is 0 Å². The van der Waals surface area contributed by atoms with E-state index in [0.717, 1.165) is 41.5 Å². The minimum absolute atomic E-state index is 0.272. The Labute approximate surface area is 194 Å². The lowest BCUT2D eigenvalue weighted by Gasteiger charge is -2.43. The van der Waals surface area contributed by atoms with Crippen LogP contribution in [0.2, 0.25) is 0 Å². The summed E-state index contributed by atoms with van der Waals surface area (Å²) >= 11 is 1.09. The number of carboxylic acids is 2. The van der Waals surface area contributed by atoms with Gasteiger partial charge in [-0.25, -0.2) is 0 Å². The molecule has 1 saturated carbocycles. The molecule has 1 aliphatic carbocycles. The average Bonchev–Trinajstić information content (AvgIpc) is 2.73. The second-order valence-corrected chi connectivity index (χ2v) is 9.57. The molecule has 176 valence electrons. The van der Waals surface area contributed by atoms with Crippen molar-refractivity contribution >= 4 is 23.7 Å². The Morgan fingerprint density at radius 3 is 2.12 bits per heavy atom. The number of hydrogen-bond acceptors (Lipinski definition) is 7. The van der Waals surface area contributed by atoms with Crippen LogP contribution in [0, 0.1) is 10.7 Å². The predicted molar refractivity (Wildman–Crippen MR) is 125 cm³/mol. The maximum atomic E-state index is 11.5. The van der Waals surface area contributed by atoms with Gasteiger partial charge in [0.25, 0.3) is 0 Å². The summed E-state index contributed by atoms with van der Waals surface area (Å²) in [6.07, 6.45) is 5.09. The number of hydrogen-bond donors (Lipinski definition) is 2. The van der Waals surface area contributed by atoms with Crippen LogP contribution in [-0.4, -0.2) is 95.8 Å². The third-order valence-corrected chi connectivity index (χ3v) is 6.77. The summed E-state index contributed by atoms with van der Waals surface area (Å²) in [7, 11) is 6.25. The highest BCUT2D eigenvalue weighted by Gasteiger charge is 2.32. The van der Waals surface area contributed by atoms with Crippen molar-refractivity contribution in [2.45, 2.75) is 55.1 Å². The predicted octanol–water partition coefficient (Wildman–Crippen LogP) is 2.45. The lowest BCUT2D eigenvalue weighted by Crippen LogP contribution is -2.55. The van der Waals surface area contributed by atoms with Crippen molar-refractivity contribution in [2.75, 3.05) is 40.8 Å². The first-order valence-electron chi connectivity index (χ1n) is 10.9. The lowest BCUT2D eigenvalue weighted by atomic mass is 9.88. The largest absolute Gasteiger partial charge is 0.480 e. The van der Waals surface area contributed by atoms with Crippen molar-refractivity contribution in [3.63, 3.8) is 0 Å². The van der Waals surface area contributed by atoms with Gasteiger partial charge in [0.05, 0.1) is 13.1 Å². The van der Waals surface area contributed by atoms with Crippen LogP contribution < -0.4 is 0 Å². The quantitative estimate of drug-likeness (QED) is 0.358. The molecular weight excluding hydrogens is 428 g/mol. The molecule has 0 spiro atoms. The molecule has 8 nitrogen and oxygen atoms in total. The molecule has 0 radical (unpaired) electrons. The molecule has 2 N–H and O–H groups in total. The first-order chi connectivity index (χ1) is 15.2. The maximum absolute atomic E-state index is 11.5. The molecule has 1 aromatic rings. The number of benzene rings is 1. The van der Waals surface area contributed by atoms with E-state index in [2.05, 4.69) is 30.9 Å². The molecule has 0 bridgehead atoms. The van der Waals surface area contributed by atoms with Crippen LogP contribution >= 0.6 is 11.8 Å². The van der Waals surface area contributed by atoms with E-state index in [0.29, 0.717) is 25.0 Å². The Bertz CT molecular complexity index is 780. The standard InChI is InChI=1S/C23H34N4O4S/c1-25(2)20-6-4-5-7-21(20)26(3)13-18(27(14-22(28)29)15-23(30)31)12-17-8-10-19(11-9-17)32-16-24/h8-11,18,20-21H,4-7,12-15H2,1-3H3,(H,28,29)(H,30,31)/t18-,20+,21+/m1/s1. The number of carbonyl (C=O) groups is 2. The van der Waals surface area contributed by atoms with Gasteiger partial charge in [-0.3, -0.25) is 14.5 Å². The van der Waals surface area contributed by atoms with Gasteiger partial charge >= 0.3 is 11.9 Å². The minimum Gasteiger partial charge on any atom is -0.480 e. The number of nitriles is 1. The SMILES string of the molecule is CN(C)[C@H]1CCCC[C@@H]1N(C)C[C@@H](Cc1ccc(SC#N)cc1)N(CC(=O)O)CC(=O)O. The zero-order valence-electron chi connectivity index (χ0n) is 19.1. The summed E-state index contributed by atoms with van der Waals surface area (Å²) in [6, 6.07) is 8.07. The molecule has 1 fully saturated rings. The number of nitrogens with zero attached hydrogens (tertiary/aromatic N) is 4. The minimum atomic E-state index is -1.04. The smallest absolute Gasteiger partial charge is 0.317 e. The zero-order chi connectivity index (χ0) is 23.7. The Kier molecular flexibility index (Phi) is 10.5. The highest BCUT2D eigenvalue weighted by atomic mass is 32.2. The van der Waals surface area contributed by atoms with E-state index in [4.69, 9.17) is 5.26 Å². The molecular formula is C23H34N4O4S. The van der Waals surface area contributed by atoms with Crippen LogP contribution in [0.3, 0.4) is 0 Å². The molecule has 2 rings (SSSR count). The van der Waals surface area contributed by atoms with E-state index in [1.54, 1.807) is 4.90 Å². The van der Waals surface area contributed by atoms with Crippen LogP contribution in [0.1, 0.15) is 31.2 Å². The van der Waals surface area contributed by atoms with Crippen LogP contribution in [-0.2, 0) is 16.0 Å². The van der Waals surface area contributed by atoms with Gasteiger partial charge in [0.1, 0.15) is 5.40 Å². The molecule has 0 aromatic heterocycles. The Morgan fingerprint density at radius 1 is 1.06 bits per heavy atom. The van der Waals surface area contributed by atoms with E-state index in [1.165, 1.54) is 6.42 Å². The first kappa shape index (κ1) is 26.1. The van der Waals surface area contributed by atoms with Crippen molar-refractivity contribution in [3.8, 4) is 5.40 Å². The van der Waals surface area contributed by atoms with Crippen molar-refractivity contribution in [1.29, 1.82) is 5.26 Å². The molecule has 32 heavy (non-hydrogen) atoms. The summed E-state index contributed by atoms with van der Waals surface area (Å²) in [5.74, 6) is -2.08. The fourth-order valence-electron chi connectivity index (χ4n) is 4.67. The van der Waals surface area contributed by atoms with E-state index in [1.807, 2.05) is 29.7 Å². The molecule has 0 amide bonds. The van der Waals surface area contributed by atoms with Crippen LogP contribution in [0.5, 0.6) is 0 Å². The van der Waals surface area contributed by atoms with Gasteiger partial charge in [0.15, 0.2) is 0 Å². The fourth-order valence-corrected chi connectivity index (χ4v) is 5.04. The van der Waals surface area contributed by atoms with Gasteiger partial charge < -0.3 is 20.0 Å². The molecule has 3 atom stereocenters. The molecule has 0 heterocycles. The Balaban J connectivity index is 2.25. The highest BCUT2D eigenvalue weighted by molar-refractivity contribution is 8.03. The van der Waals surface area contributed by atoms with Crippen molar-refractivity contribution in [1.82, 2.24) is 14.7 Å². The van der Waals surface area contributed by atoms with Gasteiger partial charge in [-0.05, 0) is 69.9 Å². The van der Waals surface area contributed by atoms with E-state index in [-0.39, 0.29) is 19.1 Å². The molecule has 0 unspecified atom stereocenters. The second-order valence-electron chi connectivity index (χ2n) is 8.71. The van der Waals surface area contributed by atoms with E-state index < -0.39 is 11.9 Å². The summed E-state index contributed by atoms with van der Waals surface area (Å²) in [5.41, 5.74) is 0.985. The van der Waals surface area contributed by atoms with E-state index in [9.17, 15) is 19.8 Å². The third-order valence-electron chi connectivity index (χ3n) is 6.17. The number of aliphatic carboxylic acids is 2. The third kappa shape index (κ3) is 8.10. The fraction of sp³-hybridized carbons (Fsp3) is 0.609. The molecule has 1 aromatic carbocycles. The van der Waals surface area contributed by atoms with Gasteiger partial charge in [-0.2, -0.15) is 5.26 Å². The molecule has 0 aliphatic heterocycles. The van der Waals surface area contributed by atoms with Crippen molar-refractivity contribution < 1.29 is 19.8 Å². The Hall–Kier alpha value is -2.12. The highest BCUT2D eigenvalue weighted by Crippen LogP contribution is 2.26. The van der Waals surface area contributed by atoms with Gasteiger partial charge in [-0.15, -0.1) is 0 Å². The van der Waals surface area contributed by atoms with E-state index >= 15 is 0 Å². The summed E-state index contributed by atoms with van der Waals surface area (Å²) in [5, 5.41) is 29.7. The van der Waals surface area contributed by atoms with Gasteiger partial charge in [-0.1, -0.05) is 25.0 Å². The van der Waals surface area contributed by atoms with Crippen LogP contribution in [0.15, 0.2) is 29.2 Å². The number of likely N-dealkylation sites (N-methyl/N-ethyl adjacent to an activating group) is 2. The number of thioether (sulfide) groups is 1. The second kappa shape index (κ2) is 12.8. The summed E-state index contributed by atoms with van der Waals surface area (Å²) in [6.45, 7) is -0.0752. The van der Waals surface area contributed by atoms with Gasteiger partial charge in [0, 0.05) is 29.6 Å². The monoisotopic (exact) mass is 462 g/mol. The van der Waals surface area contributed by atoms with Crippen LogP contribution in [0.25, 0.3) is 0 Å². The van der Waals surface area contributed by atoms with Crippen LogP contribution in [0.4, 0.5) is 0 Å². The average molecular weight is 463 g/mol. The molecule has 0 saturated heterocycles.